The van der Waals surface area contributed by atoms with Crippen LogP contribution in [0.1, 0.15) is 37.7 Å². The summed E-state index contributed by atoms with van der Waals surface area (Å²) in [6.45, 7) is 1.44. The van der Waals surface area contributed by atoms with Crippen molar-refractivity contribution in [3.05, 3.63) is 34.3 Å². The van der Waals surface area contributed by atoms with Crippen molar-refractivity contribution in [2.45, 2.75) is 37.5 Å². The Morgan fingerprint density at radius 1 is 1.19 bits per heavy atom. The Kier molecular flexibility index (Phi) is 9.92. The van der Waals surface area contributed by atoms with Crippen LogP contribution < -0.4 is 10.6 Å². The summed E-state index contributed by atoms with van der Waals surface area (Å²) in [7, 11) is 5.32. The van der Waals surface area contributed by atoms with Crippen LogP contribution in [0.15, 0.2) is 33.7 Å². The third-order valence-electron chi connectivity index (χ3n) is 4.97. The first-order valence-electron chi connectivity index (χ1n) is 8.87. The molecule has 0 unspecified atom stereocenters. The molecule has 2 rings (SSSR count). The third kappa shape index (κ3) is 6.40. The average molecular weight is 537 g/mol. The van der Waals surface area contributed by atoms with Crippen molar-refractivity contribution >= 4 is 51.8 Å². The quantitative estimate of drug-likeness (QED) is 0.332. The molecule has 1 aromatic carbocycles. The molecule has 26 heavy (non-hydrogen) atoms. The number of aliphatic imine (C=N–C) groups is 1. The summed E-state index contributed by atoms with van der Waals surface area (Å²) in [5.74, 6) is 0.875. The van der Waals surface area contributed by atoms with E-state index < -0.39 is 0 Å². The van der Waals surface area contributed by atoms with Crippen molar-refractivity contribution in [3.8, 4) is 0 Å². The van der Waals surface area contributed by atoms with Gasteiger partial charge in [0, 0.05) is 50.5 Å². The molecule has 1 fully saturated rings. The fraction of sp³-hybridized carbons (Fsp3) is 0.579. The van der Waals surface area contributed by atoms with Crippen molar-refractivity contribution in [2.24, 2.45) is 4.99 Å². The molecule has 0 aliphatic heterocycles. The number of amides is 1. The van der Waals surface area contributed by atoms with Crippen LogP contribution in [0.4, 0.5) is 0 Å². The number of halogens is 2. The van der Waals surface area contributed by atoms with Gasteiger partial charge in [-0.05, 0) is 30.5 Å². The van der Waals surface area contributed by atoms with Gasteiger partial charge in [0.2, 0.25) is 5.91 Å². The minimum atomic E-state index is 0. The smallest absolute Gasteiger partial charge is 0.223 e. The lowest BCUT2D eigenvalue weighted by atomic mass is 9.79. The van der Waals surface area contributed by atoms with Crippen LogP contribution in [-0.4, -0.2) is 51.0 Å². The zero-order valence-electron chi connectivity index (χ0n) is 15.8. The lowest BCUT2D eigenvalue weighted by Crippen LogP contribution is -2.45. The highest BCUT2D eigenvalue weighted by atomic mass is 127. The molecule has 0 radical (unpaired) electrons. The molecule has 1 amide bonds. The highest BCUT2D eigenvalue weighted by Crippen LogP contribution is 2.40. The molecule has 0 atom stereocenters. The van der Waals surface area contributed by atoms with Gasteiger partial charge in [-0.3, -0.25) is 9.79 Å². The van der Waals surface area contributed by atoms with Gasteiger partial charge in [0.15, 0.2) is 5.96 Å². The first kappa shape index (κ1) is 23.2. The summed E-state index contributed by atoms with van der Waals surface area (Å²) in [5.41, 5.74) is 1.55. The number of guanidine groups is 1. The Labute approximate surface area is 182 Å². The number of rotatable bonds is 6. The highest BCUT2D eigenvalue weighted by Gasteiger charge is 2.35. The van der Waals surface area contributed by atoms with Crippen LogP contribution in [0.3, 0.4) is 0 Å². The van der Waals surface area contributed by atoms with Gasteiger partial charge in [0.05, 0.1) is 0 Å². The van der Waals surface area contributed by atoms with Crippen molar-refractivity contribution in [1.29, 1.82) is 0 Å². The molecule has 0 bridgehead atoms. The summed E-state index contributed by atoms with van der Waals surface area (Å²) >= 11 is 3.52. The first-order valence-corrected chi connectivity index (χ1v) is 9.67. The molecular weight excluding hydrogens is 507 g/mol. The molecule has 0 aromatic heterocycles. The zero-order valence-corrected chi connectivity index (χ0v) is 19.8. The molecule has 1 aromatic rings. The number of nitrogens with one attached hydrogen (secondary N) is 2. The Balaban J connectivity index is 0.00000338. The van der Waals surface area contributed by atoms with E-state index in [9.17, 15) is 4.79 Å². The summed E-state index contributed by atoms with van der Waals surface area (Å²) in [6, 6.07) is 8.69. The maximum atomic E-state index is 11.7. The van der Waals surface area contributed by atoms with E-state index in [-0.39, 0.29) is 35.3 Å². The molecule has 1 saturated carbocycles. The number of carbonyl (C=O) groups is 1. The van der Waals surface area contributed by atoms with Crippen LogP contribution in [0.25, 0.3) is 0 Å². The monoisotopic (exact) mass is 536 g/mol. The number of nitrogens with zero attached hydrogens (tertiary/aromatic N) is 2. The van der Waals surface area contributed by atoms with Gasteiger partial charge < -0.3 is 15.5 Å². The highest BCUT2D eigenvalue weighted by molar-refractivity contribution is 14.0. The lowest BCUT2D eigenvalue weighted by Gasteiger charge is -2.31. The normalized spacial score (nSPS) is 15.9. The molecule has 2 N–H and O–H groups in total. The van der Waals surface area contributed by atoms with Crippen LogP contribution in [-0.2, 0) is 10.2 Å². The Hall–Kier alpha value is -0.830. The standard InChI is InChI=1S/C19H29BrN4O.HI/c1-21-18(22-13-10-17(25)24(2)3)23-14-19(11-4-5-12-19)15-6-8-16(20)9-7-15;/h6-9H,4-5,10-14H2,1-3H3,(H2,21,22,23);1H. The maximum Gasteiger partial charge on any atom is 0.223 e. The van der Waals surface area contributed by atoms with Gasteiger partial charge in [0.1, 0.15) is 0 Å². The molecule has 0 spiro atoms. The fourth-order valence-corrected chi connectivity index (χ4v) is 3.67. The Bertz CT molecular complexity index is 598. The van der Waals surface area contributed by atoms with Crippen LogP contribution in [0, 0.1) is 0 Å². The van der Waals surface area contributed by atoms with E-state index in [1.165, 1.54) is 31.2 Å². The second kappa shape index (κ2) is 11.1. The zero-order chi connectivity index (χ0) is 18.3. The van der Waals surface area contributed by atoms with Gasteiger partial charge in [-0.25, -0.2) is 0 Å². The molecule has 1 aliphatic carbocycles. The van der Waals surface area contributed by atoms with E-state index in [2.05, 4.69) is 55.8 Å². The molecule has 146 valence electrons. The van der Waals surface area contributed by atoms with Crippen molar-refractivity contribution in [1.82, 2.24) is 15.5 Å². The van der Waals surface area contributed by atoms with Crippen molar-refractivity contribution in [3.63, 3.8) is 0 Å². The number of hydrogen-bond acceptors (Lipinski definition) is 2. The van der Waals surface area contributed by atoms with E-state index in [0.717, 1.165) is 17.0 Å². The SMILES string of the molecule is CN=C(NCCC(=O)N(C)C)NCC1(c2ccc(Br)cc2)CCCC1.I. The first-order chi connectivity index (χ1) is 12.0. The van der Waals surface area contributed by atoms with Crippen LogP contribution in [0.5, 0.6) is 0 Å². The molecular formula is C19H30BrIN4O. The second-order valence-electron chi connectivity index (χ2n) is 6.89. The van der Waals surface area contributed by atoms with Crippen molar-refractivity contribution < 1.29 is 4.79 Å². The Morgan fingerprint density at radius 2 is 1.81 bits per heavy atom. The lowest BCUT2D eigenvalue weighted by molar-refractivity contribution is -0.128. The predicted molar refractivity (Wildman–Crippen MR) is 122 cm³/mol. The fourth-order valence-electron chi connectivity index (χ4n) is 3.41. The maximum absolute atomic E-state index is 11.7. The topological polar surface area (TPSA) is 56.7 Å². The predicted octanol–water partition coefficient (Wildman–Crippen LogP) is 3.52. The van der Waals surface area contributed by atoms with E-state index >= 15 is 0 Å². The molecule has 1 aliphatic rings. The summed E-state index contributed by atoms with van der Waals surface area (Å²) in [6.07, 6.45) is 5.38. The molecule has 5 nitrogen and oxygen atoms in total. The van der Waals surface area contributed by atoms with Gasteiger partial charge in [-0.15, -0.1) is 24.0 Å². The number of hydrogen-bond donors (Lipinski definition) is 2. The van der Waals surface area contributed by atoms with Gasteiger partial charge in [-0.1, -0.05) is 40.9 Å². The largest absolute Gasteiger partial charge is 0.356 e. The third-order valence-corrected chi connectivity index (χ3v) is 5.49. The van der Waals surface area contributed by atoms with E-state index in [1.807, 2.05) is 0 Å². The molecule has 0 heterocycles. The minimum absolute atomic E-state index is 0. The number of benzene rings is 1. The summed E-state index contributed by atoms with van der Waals surface area (Å²) < 4.78 is 1.11. The van der Waals surface area contributed by atoms with Gasteiger partial charge >= 0.3 is 0 Å². The van der Waals surface area contributed by atoms with Crippen LogP contribution >= 0.6 is 39.9 Å². The molecule has 0 saturated heterocycles. The van der Waals surface area contributed by atoms with Crippen LogP contribution in [0.2, 0.25) is 0 Å². The van der Waals surface area contributed by atoms with Gasteiger partial charge in [0.25, 0.3) is 0 Å². The molecule has 7 heteroatoms. The Morgan fingerprint density at radius 3 is 2.35 bits per heavy atom. The summed E-state index contributed by atoms with van der Waals surface area (Å²) in [5, 5.41) is 6.71. The second-order valence-corrected chi connectivity index (χ2v) is 7.80. The average Bonchev–Trinajstić information content (AvgIpc) is 3.08. The minimum Gasteiger partial charge on any atom is -0.356 e. The van der Waals surface area contributed by atoms with E-state index in [1.54, 1.807) is 26.0 Å². The van der Waals surface area contributed by atoms with E-state index in [4.69, 9.17) is 0 Å². The van der Waals surface area contributed by atoms with Gasteiger partial charge in [-0.2, -0.15) is 0 Å². The number of carbonyl (C=O) groups excluding carboxylic acids is 1. The summed E-state index contributed by atoms with van der Waals surface area (Å²) in [4.78, 5) is 17.6. The van der Waals surface area contributed by atoms with Crippen molar-refractivity contribution in [2.75, 3.05) is 34.2 Å². The van der Waals surface area contributed by atoms with E-state index in [0.29, 0.717) is 13.0 Å².